The van der Waals surface area contributed by atoms with Gasteiger partial charge in [0, 0.05) is 13.6 Å². The van der Waals surface area contributed by atoms with Crippen LogP contribution in [0.2, 0.25) is 0 Å². The highest BCUT2D eigenvalue weighted by Crippen LogP contribution is 2.13. The highest BCUT2D eigenvalue weighted by molar-refractivity contribution is 7.71. The minimum absolute atomic E-state index is 0.0215. The zero-order valence-electron chi connectivity index (χ0n) is 10.1. The van der Waals surface area contributed by atoms with Gasteiger partial charge in [-0.1, -0.05) is 0 Å². The molecule has 5 nitrogen and oxygen atoms in total. The Morgan fingerprint density at radius 1 is 1.61 bits per heavy atom. The molecule has 0 aromatic carbocycles. The van der Waals surface area contributed by atoms with Crippen molar-refractivity contribution in [2.24, 2.45) is 0 Å². The lowest BCUT2D eigenvalue weighted by Gasteiger charge is -2.15. The zero-order chi connectivity index (χ0) is 13.3. The predicted octanol–water partition coefficient (Wildman–Crippen LogP) is 1.60. The fourth-order valence-electron chi connectivity index (χ4n) is 1.55. The van der Waals surface area contributed by atoms with Crippen LogP contribution in [0.5, 0.6) is 0 Å². The van der Waals surface area contributed by atoms with E-state index in [4.69, 9.17) is 12.2 Å². The Bertz CT molecular complexity index is 698. The molecule has 0 saturated carbocycles. The summed E-state index contributed by atoms with van der Waals surface area (Å²) in [5.41, 5.74) is 0.518. The molecule has 0 saturated heterocycles. The first-order chi connectivity index (χ1) is 8.54. The lowest BCUT2D eigenvalue weighted by Crippen LogP contribution is -2.34. The maximum atomic E-state index is 12.2. The second kappa shape index (κ2) is 5.03. The van der Waals surface area contributed by atoms with Crippen molar-refractivity contribution in [3.05, 3.63) is 26.6 Å². The van der Waals surface area contributed by atoms with E-state index in [1.165, 1.54) is 15.9 Å². The number of nitrogens with one attached hydrogen (secondary N) is 1. The van der Waals surface area contributed by atoms with E-state index in [1.54, 1.807) is 11.9 Å². The summed E-state index contributed by atoms with van der Waals surface area (Å²) in [6.07, 6.45) is 0. The molecule has 0 bridgehead atoms. The average Bonchev–Trinajstić information content (AvgIpc) is 2.81. The Hall–Kier alpha value is -1.47. The molecule has 0 aliphatic carbocycles. The van der Waals surface area contributed by atoms with Gasteiger partial charge in [0.1, 0.15) is 11.2 Å². The van der Waals surface area contributed by atoms with Crippen molar-refractivity contribution in [2.75, 3.05) is 13.6 Å². The van der Waals surface area contributed by atoms with Gasteiger partial charge >= 0.3 is 0 Å². The van der Waals surface area contributed by atoms with Gasteiger partial charge in [0.2, 0.25) is 5.91 Å². The molecule has 0 aliphatic rings. The van der Waals surface area contributed by atoms with Crippen molar-refractivity contribution in [2.45, 2.75) is 13.5 Å². The van der Waals surface area contributed by atoms with Crippen molar-refractivity contribution in [3.63, 3.8) is 0 Å². The summed E-state index contributed by atoms with van der Waals surface area (Å²) in [6.45, 7) is 2.46. The molecule has 0 unspecified atom stereocenters. The molecule has 1 amide bonds. The number of aromatic amines is 1. The number of nitrogens with zero attached hydrogens (tertiary/aromatic N) is 2. The highest BCUT2D eigenvalue weighted by Gasteiger charge is 2.12. The minimum Gasteiger partial charge on any atom is -0.344 e. The molecule has 96 valence electrons. The van der Waals surface area contributed by atoms with E-state index in [9.17, 15) is 9.59 Å². The van der Waals surface area contributed by atoms with Crippen LogP contribution in [-0.4, -0.2) is 34.0 Å². The first kappa shape index (κ1) is 13.0. The van der Waals surface area contributed by atoms with Crippen molar-refractivity contribution in [3.8, 4) is 0 Å². The number of hydrogen-bond acceptors (Lipinski definition) is 4. The molecule has 2 aromatic rings. The molecule has 0 atom stereocenters. The van der Waals surface area contributed by atoms with Crippen LogP contribution in [0.25, 0.3) is 10.2 Å². The van der Waals surface area contributed by atoms with Crippen LogP contribution in [-0.2, 0) is 11.3 Å². The molecular weight excluding hydrogens is 270 g/mol. The molecule has 0 fully saturated rings. The number of thiophene rings is 1. The largest absolute Gasteiger partial charge is 0.344 e. The minimum atomic E-state index is -0.207. The van der Waals surface area contributed by atoms with Crippen molar-refractivity contribution >= 4 is 39.7 Å². The predicted molar refractivity (Wildman–Crippen MR) is 74.6 cm³/mol. The molecule has 0 radical (unpaired) electrons. The van der Waals surface area contributed by atoms with E-state index in [0.717, 1.165) is 5.52 Å². The molecule has 18 heavy (non-hydrogen) atoms. The normalized spacial score (nSPS) is 10.8. The van der Waals surface area contributed by atoms with E-state index in [-0.39, 0.29) is 22.8 Å². The summed E-state index contributed by atoms with van der Waals surface area (Å²) in [5, 5.41) is 1.82. The topological polar surface area (TPSA) is 58.1 Å². The molecular formula is C11H13N3O2S2. The standard InChI is InChI=1S/C11H13N3O2S2/c1-3-13(2)8(15)6-14-10(16)9-7(4-5-18-9)12-11(14)17/h4-5H,3,6H2,1-2H3,(H,12,17). The van der Waals surface area contributed by atoms with Gasteiger partial charge in [-0.3, -0.25) is 14.2 Å². The summed E-state index contributed by atoms with van der Waals surface area (Å²) >= 11 is 6.46. The number of rotatable bonds is 3. The maximum Gasteiger partial charge on any atom is 0.272 e. The van der Waals surface area contributed by atoms with E-state index in [0.29, 0.717) is 11.2 Å². The van der Waals surface area contributed by atoms with Crippen molar-refractivity contribution in [1.29, 1.82) is 0 Å². The number of aromatic nitrogens is 2. The fourth-order valence-corrected chi connectivity index (χ4v) is 2.60. The molecule has 0 aliphatic heterocycles. The summed E-state index contributed by atoms with van der Waals surface area (Å²) in [7, 11) is 1.70. The van der Waals surface area contributed by atoms with Crippen LogP contribution in [0.1, 0.15) is 6.92 Å². The number of H-pyrrole nitrogens is 1. The Morgan fingerprint density at radius 3 is 3.00 bits per heavy atom. The first-order valence-electron chi connectivity index (χ1n) is 5.49. The third-order valence-electron chi connectivity index (χ3n) is 2.78. The highest BCUT2D eigenvalue weighted by atomic mass is 32.1. The van der Waals surface area contributed by atoms with Crippen molar-refractivity contribution < 1.29 is 4.79 Å². The number of fused-ring (bicyclic) bond motifs is 1. The van der Waals surface area contributed by atoms with E-state index < -0.39 is 0 Å². The number of carbonyl (C=O) groups is 1. The van der Waals surface area contributed by atoms with Gasteiger partial charge in [0.05, 0.1) is 5.52 Å². The number of amides is 1. The Kier molecular flexibility index (Phi) is 3.63. The molecule has 2 rings (SSSR count). The maximum absolute atomic E-state index is 12.2. The van der Waals surface area contributed by atoms with Gasteiger partial charge in [-0.2, -0.15) is 0 Å². The van der Waals surface area contributed by atoms with Crippen LogP contribution in [0, 0.1) is 4.77 Å². The van der Waals surface area contributed by atoms with E-state index >= 15 is 0 Å². The quantitative estimate of drug-likeness (QED) is 0.870. The molecule has 0 spiro atoms. The molecule has 7 heteroatoms. The molecule has 2 aromatic heterocycles. The van der Waals surface area contributed by atoms with E-state index in [1.807, 2.05) is 18.4 Å². The van der Waals surface area contributed by atoms with Gasteiger partial charge < -0.3 is 9.88 Å². The summed E-state index contributed by atoms with van der Waals surface area (Å²) < 4.78 is 2.18. The van der Waals surface area contributed by atoms with E-state index in [2.05, 4.69) is 4.98 Å². The number of carbonyl (C=O) groups excluding carboxylic acids is 1. The fraction of sp³-hybridized carbons (Fsp3) is 0.364. The third-order valence-corrected chi connectivity index (χ3v) is 4.01. The average molecular weight is 283 g/mol. The second-order valence-electron chi connectivity index (χ2n) is 3.89. The molecule has 2 heterocycles. The van der Waals surface area contributed by atoms with Crippen LogP contribution in [0.15, 0.2) is 16.2 Å². The monoisotopic (exact) mass is 283 g/mol. The van der Waals surface area contributed by atoms with Gasteiger partial charge in [0.15, 0.2) is 4.77 Å². The summed E-state index contributed by atoms with van der Waals surface area (Å²) in [5.74, 6) is -0.130. The summed E-state index contributed by atoms with van der Waals surface area (Å²) in [6, 6.07) is 1.81. The van der Waals surface area contributed by atoms with Crippen LogP contribution in [0.3, 0.4) is 0 Å². The van der Waals surface area contributed by atoms with Gasteiger partial charge in [0.25, 0.3) is 5.56 Å². The van der Waals surface area contributed by atoms with Gasteiger partial charge in [-0.25, -0.2) is 0 Å². The number of hydrogen-bond donors (Lipinski definition) is 1. The van der Waals surface area contributed by atoms with Gasteiger partial charge in [-0.05, 0) is 30.6 Å². The smallest absolute Gasteiger partial charge is 0.272 e. The number of likely N-dealkylation sites (N-methyl/N-ethyl adjacent to an activating group) is 1. The Labute approximate surface area is 113 Å². The lowest BCUT2D eigenvalue weighted by atomic mass is 10.4. The second-order valence-corrected chi connectivity index (χ2v) is 5.20. The Balaban J connectivity index is 2.48. The molecule has 1 N–H and O–H groups in total. The first-order valence-corrected chi connectivity index (χ1v) is 6.77. The van der Waals surface area contributed by atoms with Crippen LogP contribution < -0.4 is 5.56 Å². The summed E-state index contributed by atoms with van der Waals surface area (Å²) in [4.78, 5) is 28.5. The lowest BCUT2D eigenvalue weighted by molar-refractivity contribution is -0.130. The van der Waals surface area contributed by atoms with Crippen molar-refractivity contribution in [1.82, 2.24) is 14.5 Å². The van der Waals surface area contributed by atoms with Gasteiger partial charge in [-0.15, -0.1) is 11.3 Å². The van der Waals surface area contributed by atoms with Crippen LogP contribution in [0.4, 0.5) is 0 Å². The zero-order valence-corrected chi connectivity index (χ0v) is 11.7. The van der Waals surface area contributed by atoms with Crippen LogP contribution >= 0.6 is 23.6 Å². The Morgan fingerprint density at radius 2 is 2.33 bits per heavy atom. The SMILES string of the molecule is CCN(C)C(=O)Cn1c(=S)[nH]c2ccsc2c1=O. The third kappa shape index (κ3) is 2.23.